The normalized spacial score (nSPS) is 10.6. The van der Waals surface area contributed by atoms with Crippen LogP contribution in [0.3, 0.4) is 0 Å². The first-order valence-corrected chi connectivity index (χ1v) is 7.47. The molecule has 1 aromatic carbocycles. The van der Waals surface area contributed by atoms with Crippen LogP contribution in [0.1, 0.15) is 34.3 Å². The number of hydrogen-bond donors (Lipinski definition) is 2. The Morgan fingerprint density at radius 2 is 2.25 bits per heavy atom. The topological polar surface area (TPSA) is 62.2 Å². The van der Waals surface area contributed by atoms with Crippen molar-refractivity contribution in [3.63, 3.8) is 0 Å². The number of carboxylic acids is 1. The van der Waals surface area contributed by atoms with Gasteiger partial charge in [0.15, 0.2) is 5.13 Å². The van der Waals surface area contributed by atoms with Gasteiger partial charge in [0.25, 0.3) is 0 Å². The number of anilines is 2. The third-order valence-corrected chi connectivity index (χ3v) is 4.30. The maximum atomic E-state index is 11.2. The minimum absolute atomic E-state index is 0.300. The average Bonchev–Trinajstić information content (AvgIpc) is 2.79. The van der Waals surface area contributed by atoms with Gasteiger partial charge in [-0.15, -0.1) is 0 Å². The van der Waals surface area contributed by atoms with E-state index in [1.54, 1.807) is 0 Å². The summed E-state index contributed by atoms with van der Waals surface area (Å²) in [6.45, 7) is 3.91. The van der Waals surface area contributed by atoms with Gasteiger partial charge in [0, 0.05) is 10.7 Å². The van der Waals surface area contributed by atoms with Crippen LogP contribution < -0.4 is 5.32 Å². The Labute approximate surface area is 126 Å². The molecule has 106 valence electrons. The number of rotatable bonds is 5. The van der Waals surface area contributed by atoms with Crippen LogP contribution in [0.5, 0.6) is 0 Å². The zero-order chi connectivity index (χ0) is 14.7. The van der Waals surface area contributed by atoms with Crippen molar-refractivity contribution in [2.75, 3.05) is 5.32 Å². The molecule has 4 nitrogen and oxygen atoms in total. The fraction of sp³-hybridized carbons (Fsp3) is 0.286. The van der Waals surface area contributed by atoms with Gasteiger partial charge in [0.1, 0.15) is 4.88 Å². The van der Waals surface area contributed by atoms with E-state index in [1.165, 1.54) is 0 Å². The van der Waals surface area contributed by atoms with Crippen LogP contribution in [0.4, 0.5) is 10.8 Å². The van der Waals surface area contributed by atoms with E-state index in [4.69, 9.17) is 11.6 Å². The zero-order valence-corrected chi connectivity index (χ0v) is 12.8. The second-order valence-corrected chi connectivity index (χ2v) is 5.79. The summed E-state index contributed by atoms with van der Waals surface area (Å²) >= 11 is 7.22. The van der Waals surface area contributed by atoms with Crippen LogP contribution in [0.25, 0.3) is 0 Å². The molecule has 0 aliphatic carbocycles. The molecule has 2 aromatic rings. The molecule has 6 heteroatoms. The van der Waals surface area contributed by atoms with Gasteiger partial charge in [-0.25, -0.2) is 9.78 Å². The molecule has 0 atom stereocenters. The van der Waals surface area contributed by atoms with Gasteiger partial charge in [-0.1, -0.05) is 42.3 Å². The summed E-state index contributed by atoms with van der Waals surface area (Å²) in [4.78, 5) is 15.9. The molecular weight excluding hydrogens is 296 g/mol. The summed E-state index contributed by atoms with van der Waals surface area (Å²) in [7, 11) is 0. The molecule has 0 amide bonds. The van der Waals surface area contributed by atoms with Gasteiger partial charge in [-0.3, -0.25) is 0 Å². The first kappa shape index (κ1) is 14.8. The van der Waals surface area contributed by atoms with Crippen molar-refractivity contribution in [2.45, 2.75) is 26.7 Å². The van der Waals surface area contributed by atoms with Crippen LogP contribution in [0, 0.1) is 6.92 Å². The SMILES string of the molecule is CCCc1nc(Nc2cccc(Cl)c2C)sc1C(=O)O. The number of halogens is 1. The average molecular weight is 311 g/mol. The lowest BCUT2D eigenvalue weighted by Crippen LogP contribution is -1.98. The lowest BCUT2D eigenvalue weighted by atomic mass is 10.2. The van der Waals surface area contributed by atoms with Gasteiger partial charge in [-0.05, 0) is 31.0 Å². The fourth-order valence-corrected chi connectivity index (χ4v) is 2.87. The molecule has 0 aliphatic rings. The molecule has 0 unspecified atom stereocenters. The maximum absolute atomic E-state index is 11.2. The van der Waals surface area contributed by atoms with E-state index in [0.29, 0.717) is 27.1 Å². The molecule has 20 heavy (non-hydrogen) atoms. The Kier molecular flexibility index (Phi) is 4.62. The molecule has 2 rings (SSSR count). The number of nitrogens with one attached hydrogen (secondary N) is 1. The van der Waals surface area contributed by atoms with Gasteiger partial charge in [-0.2, -0.15) is 0 Å². The summed E-state index contributed by atoms with van der Waals surface area (Å²) in [6.07, 6.45) is 1.52. The summed E-state index contributed by atoms with van der Waals surface area (Å²) < 4.78 is 0. The molecule has 1 aromatic heterocycles. The van der Waals surface area contributed by atoms with Gasteiger partial charge < -0.3 is 10.4 Å². The molecule has 1 heterocycles. The highest BCUT2D eigenvalue weighted by Gasteiger charge is 2.17. The largest absolute Gasteiger partial charge is 0.477 e. The number of nitrogens with zero attached hydrogens (tertiary/aromatic N) is 1. The Balaban J connectivity index is 2.32. The monoisotopic (exact) mass is 310 g/mol. The van der Waals surface area contributed by atoms with Crippen molar-refractivity contribution in [1.82, 2.24) is 4.98 Å². The molecule has 2 N–H and O–H groups in total. The zero-order valence-electron chi connectivity index (χ0n) is 11.2. The Bertz CT molecular complexity index is 640. The van der Waals surface area contributed by atoms with E-state index >= 15 is 0 Å². The molecular formula is C14H15ClN2O2S. The lowest BCUT2D eigenvalue weighted by molar-refractivity contribution is 0.0700. The highest BCUT2D eigenvalue weighted by atomic mass is 35.5. The standard InChI is InChI=1S/C14H15ClN2O2S/c1-3-5-11-12(13(18)19)20-14(17-11)16-10-7-4-6-9(15)8(10)2/h4,6-7H,3,5H2,1-2H3,(H,16,17)(H,18,19). The van der Waals surface area contributed by atoms with Crippen molar-refractivity contribution in [2.24, 2.45) is 0 Å². The first-order valence-electron chi connectivity index (χ1n) is 6.28. The van der Waals surface area contributed by atoms with Crippen molar-refractivity contribution in [1.29, 1.82) is 0 Å². The van der Waals surface area contributed by atoms with Crippen LogP contribution >= 0.6 is 22.9 Å². The van der Waals surface area contributed by atoms with Crippen LogP contribution in [-0.2, 0) is 6.42 Å². The summed E-state index contributed by atoms with van der Waals surface area (Å²) in [5, 5.41) is 13.6. The molecule has 0 saturated carbocycles. The molecule has 0 spiro atoms. The van der Waals surface area contributed by atoms with Crippen LogP contribution in [-0.4, -0.2) is 16.1 Å². The number of aromatic carboxylic acids is 1. The minimum Gasteiger partial charge on any atom is -0.477 e. The van der Waals surface area contributed by atoms with E-state index < -0.39 is 5.97 Å². The second kappa shape index (κ2) is 6.24. The highest BCUT2D eigenvalue weighted by Crippen LogP contribution is 2.30. The Morgan fingerprint density at radius 1 is 1.50 bits per heavy atom. The summed E-state index contributed by atoms with van der Waals surface area (Å²) in [5.74, 6) is -0.929. The van der Waals surface area contributed by atoms with E-state index in [9.17, 15) is 9.90 Å². The molecule has 0 fully saturated rings. The lowest BCUT2D eigenvalue weighted by Gasteiger charge is -2.07. The third-order valence-electron chi connectivity index (χ3n) is 2.89. The number of aromatic nitrogens is 1. The Hall–Kier alpha value is -1.59. The van der Waals surface area contributed by atoms with Crippen molar-refractivity contribution < 1.29 is 9.90 Å². The fourth-order valence-electron chi connectivity index (χ4n) is 1.84. The van der Waals surface area contributed by atoms with Gasteiger partial charge >= 0.3 is 5.97 Å². The molecule has 0 bridgehead atoms. The van der Waals surface area contributed by atoms with Crippen LogP contribution in [0.2, 0.25) is 5.02 Å². The third kappa shape index (κ3) is 3.11. The molecule has 0 radical (unpaired) electrons. The maximum Gasteiger partial charge on any atom is 0.347 e. The predicted molar refractivity (Wildman–Crippen MR) is 82.5 cm³/mol. The quantitative estimate of drug-likeness (QED) is 0.853. The smallest absolute Gasteiger partial charge is 0.347 e. The molecule has 0 saturated heterocycles. The van der Waals surface area contributed by atoms with E-state index in [-0.39, 0.29) is 0 Å². The minimum atomic E-state index is -0.929. The van der Waals surface area contributed by atoms with Gasteiger partial charge in [0.05, 0.1) is 5.69 Å². The van der Waals surface area contributed by atoms with Crippen molar-refractivity contribution in [3.8, 4) is 0 Å². The van der Waals surface area contributed by atoms with Crippen molar-refractivity contribution in [3.05, 3.63) is 39.4 Å². The number of thiazole rings is 1. The van der Waals surface area contributed by atoms with E-state index in [0.717, 1.165) is 29.0 Å². The van der Waals surface area contributed by atoms with E-state index in [2.05, 4.69) is 10.3 Å². The molecule has 0 aliphatic heterocycles. The van der Waals surface area contributed by atoms with Gasteiger partial charge in [0.2, 0.25) is 0 Å². The first-order chi connectivity index (χ1) is 9.52. The van der Waals surface area contributed by atoms with E-state index in [1.807, 2.05) is 32.0 Å². The summed E-state index contributed by atoms with van der Waals surface area (Å²) in [5.41, 5.74) is 2.39. The number of hydrogen-bond acceptors (Lipinski definition) is 4. The number of carbonyl (C=O) groups is 1. The predicted octanol–water partition coefficient (Wildman–Crippen LogP) is 4.50. The summed E-state index contributed by atoms with van der Waals surface area (Å²) in [6, 6.07) is 5.55. The van der Waals surface area contributed by atoms with Crippen molar-refractivity contribution >= 4 is 39.7 Å². The number of aryl methyl sites for hydroxylation is 1. The van der Waals surface area contributed by atoms with Crippen LogP contribution in [0.15, 0.2) is 18.2 Å². The second-order valence-electron chi connectivity index (χ2n) is 4.39. The highest BCUT2D eigenvalue weighted by molar-refractivity contribution is 7.17. The Morgan fingerprint density at radius 3 is 2.90 bits per heavy atom. The number of carboxylic acid groups (broad SMARTS) is 1. The number of benzene rings is 1.